The Morgan fingerprint density at radius 1 is 0.593 bits per heavy atom. The summed E-state index contributed by atoms with van der Waals surface area (Å²) in [6, 6.07) is 19.9. The molecule has 0 saturated carbocycles. The fraction of sp³-hybridized carbons (Fsp3) is 0. The number of tetrazole rings is 1. The van der Waals surface area contributed by atoms with Crippen molar-refractivity contribution in [2.45, 2.75) is 0 Å². The van der Waals surface area contributed by atoms with Crippen LogP contribution in [0.2, 0.25) is 0 Å². The molecule has 4 heterocycles. The van der Waals surface area contributed by atoms with Gasteiger partial charge in [0.15, 0.2) is 0 Å². The maximum Gasteiger partial charge on any atom is 0.267 e. The van der Waals surface area contributed by atoms with Gasteiger partial charge in [-0.05, 0) is 47.8 Å². The molecule has 0 aliphatic carbocycles. The van der Waals surface area contributed by atoms with Gasteiger partial charge in [0.2, 0.25) is 0 Å². The number of nitrogens with zero attached hydrogens (tertiary/aromatic N) is 9. The van der Waals surface area contributed by atoms with Crippen LogP contribution in [-0.2, 0) is 20.1 Å². The predicted octanol–water partition coefficient (Wildman–Crippen LogP) is 5.71. The summed E-state index contributed by atoms with van der Waals surface area (Å²) >= 11 is 0. The summed E-state index contributed by atoms with van der Waals surface area (Å²) < 4.78 is 111. The molecule has 0 bridgehead atoms. The summed E-state index contributed by atoms with van der Waals surface area (Å²) in [4.78, 5) is 4.02. The smallest absolute Gasteiger partial charge is 0.267 e. The minimum absolute atomic E-state index is 0. The number of benzene rings is 4. The Kier molecular flexibility index (Phi) is 12.5. The number of halogens is 8. The summed E-state index contributed by atoms with van der Waals surface area (Å²) in [6.07, 6.45) is 12.6. The summed E-state index contributed by atoms with van der Waals surface area (Å²) in [5.74, 6) is -5.65. The first kappa shape index (κ1) is 38.8. The zero-order chi connectivity index (χ0) is 37.5. The van der Waals surface area contributed by atoms with Crippen molar-refractivity contribution in [1.82, 2.24) is 34.7 Å². The molecule has 0 atom stereocenters. The second-order valence-electron chi connectivity index (χ2n) is 10.4. The first-order valence-electron chi connectivity index (χ1n) is 14.9. The first-order valence-corrected chi connectivity index (χ1v) is 14.9. The van der Waals surface area contributed by atoms with E-state index in [9.17, 15) is 35.1 Å². The Morgan fingerprint density at radius 3 is 1.50 bits per heavy atom. The van der Waals surface area contributed by atoms with Crippen molar-refractivity contribution < 1.29 is 64.4 Å². The molecular formula is C36H18F8IrN9-3. The van der Waals surface area contributed by atoms with Crippen LogP contribution in [0.4, 0.5) is 35.1 Å². The molecule has 0 N–H and O–H groups in total. The minimum Gasteiger partial charge on any atom is -0.329 e. The Morgan fingerprint density at radius 2 is 1.09 bits per heavy atom. The summed E-state index contributed by atoms with van der Waals surface area (Å²) in [5.41, 5.74) is 0.683. The quantitative estimate of drug-likeness (QED) is 0.126. The molecule has 0 spiro atoms. The average Bonchev–Trinajstić information content (AvgIpc) is 3.93. The monoisotopic (exact) mass is 921 g/mol. The van der Waals surface area contributed by atoms with E-state index in [1.807, 2.05) is 12.1 Å². The number of aromatic nitrogens is 9. The standard InChI is InChI=1S/2C15H7F4N2.C6H4N5.Ir/c2*16-10-1-3-14(12(18)7-10)20-5-6-21(9-20)15-4-2-11(17)8-13(15)19;1-2-4-7-5(3-1)6-8-10-11-9-6;/h2*1-3,5-8H;1-4H;/q3*-1;. The number of hydrogen-bond acceptors (Lipinski definition) is 4. The van der Waals surface area contributed by atoms with Crippen LogP contribution in [0, 0.1) is 71.3 Å². The largest absolute Gasteiger partial charge is 0.329 e. The summed E-state index contributed by atoms with van der Waals surface area (Å²) in [6.45, 7) is 0. The van der Waals surface area contributed by atoms with Gasteiger partial charge in [0.1, 0.15) is 34.6 Å². The van der Waals surface area contributed by atoms with Crippen molar-refractivity contribution in [2.75, 3.05) is 0 Å². The molecule has 1 radical (unpaired) electrons. The van der Waals surface area contributed by atoms with Crippen LogP contribution in [0.5, 0.6) is 0 Å². The predicted molar refractivity (Wildman–Crippen MR) is 166 cm³/mol. The third kappa shape index (κ3) is 9.33. The molecule has 275 valence electrons. The van der Waals surface area contributed by atoms with Gasteiger partial charge in [-0.15, -0.1) is 24.3 Å². The molecule has 4 aromatic heterocycles. The van der Waals surface area contributed by atoms with E-state index in [-0.39, 0.29) is 42.9 Å². The number of rotatable bonds is 5. The fourth-order valence-corrected chi connectivity index (χ4v) is 4.49. The van der Waals surface area contributed by atoms with Crippen molar-refractivity contribution >= 4 is 0 Å². The molecule has 18 heteroatoms. The Bertz CT molecular complexity index is 2210. The van der Waals surface area contributed by atoms with Gasteiger partial charge < -0.3 is 14.2 Å². The van der Waals surface area contributed by atoms with E-state index >= 15 is 0 Å². The van der Waals surface area contributed by atoms with Crippen molar-refractivity contribution in [2.24, 2.45) is 0 Å². The number of pyridine rings is 1. The summed E-state index contributed by atoms with van der Waals surface area (Å²) in [5, 5.41) is 14.0. The third-order valence-electron chi connectivity index (χ3n) is 6.87. The molecular weight excluding hydrogens is 903 g/mol. The average molecular weight is 921 g/mol. The second-order valence-corrected chi connectivity index (χ2v) is 10.4. The van der Waals surface area contributed by atoms with Gasteiger partial charge in [0, 0.05) is 86.5 Å². The molecule has 0 amide bonds. The van der Waals surface area contributed by atoms with Gasteiger partial charge in [-0.2, -0.15) is 17.3 Å². The number of imidazole rings is 2. The Hall–Kier alpha value is -6.39. The van der Waals surface area contributed by atoms with Crippen LogP contribution in [-0.4, -0.2) is 29.6 Å². The van der Waals surface area contributed by atoms with Gasteiger partial charge in [0.25, 0.3) is 12.7 Å². The molecule has 4 aromatic carbocycles. The molecule has 0 fully saturated rings. The van der Waals surface area contributed by atoms with Crippen LogP contribution < -0.4 is 14.2 Å². The van der Waals surface area contributed by atoms with Crippen LogP contribution in [0.25, 0.3) is 34.3 Å². The molecule has 54 heavy (non-hydrogen) atoms. The zero-order valence-electron chi connectivity index (χ0n) is 26.8. The van der Waals surface area contributed by atoms with Gasteiger partial charge in [-0.3, -0.25) is 42.0 Å². The Balaban J connectivity index is 0.000000162. The maximum atomic E-state index is 13.7. The molecule has 9 nitrogen and oxygen atoms in total. The maximum absolute atomic E-state index is 13.7. The normalized spacial score (nSPS) is 10.4. The SMILES string of the molecule is Fc1c[c-]c(-n2[c-][n+](-c3ccc(F)cc3F)cc2)c(F)c1.Fc1c[c-]c(-n2[c-][n+](-c3ccc(F)cc3F)cc2)c(F)c1.[Ir].c1ccc(-c2nnn[n-]2)nc1. The molecule has 0 aliphatic rings. The van der Waals surface area contributed by atoms with Crippen LogP contribution in [0.3, 0.4) is 0 Å². The van der Waals surface area contributed by atoms with Gasteiger partial charge in [-0.25, -0.2) is 17.6 Å². The van der Waals surface area contributed by atoms with Crippen molar-refractivity contribution in [3.8, 4) is 34.3 Å². The van der Waals surface area contributed by atoms with E-state index in [0.29, 0.717) is 23.7 Å². The molecule has 0 unspecified atom stereocenters. The van der Waals surface area contributed by atoms with Gasteiger partial charge in [-0.1, -0.05) is 6.07 Å². The molecule has 0 saturated heterocycles. The molecule has 0 aliphatic heterocycles. The van der Waals surface area contributed by atoms with E-state index in [0.717, 1.165) is 36.4 Å². The minimum atomic E-state index is -0.825. The van der Waals surface area contributed by atoms with E-state index in [1.165, 1.54) is 55.2 Å². The van der Waals surface area contributed by atoms with Gasteiger partial charge >= 0.3 is 0 Å². The number of hydrogen-bond donors (Lipinski definition) is 0. The fourth-order valence-electron chi connectivity index (χ4n) is 4.49. The first-order chi connectivity index (χ1) is 25.5. The topological polar surface area (TPSA) is 83.3 Å². The van der Waals surface area contributed by atoms with Crippen molar-refractivity contribution in [3.05, 3.63) is 181 Å². The van der Waals surface area contributed by atoms with Crippen molar-refractivity contribution in [3.63, 3.8) is 0 Å². The van der Waals surface area contributed by atoms with E-state index in [4.69, 9.17) is 0 Å². The van der Waals surface area contributed by atoms with Crippen LogP contribution >= 0.6 is 0 Å². The molecule has 8 rings (SSSR count). The van der Waals surface area contributed by atoms with Crippen LogP contribution in [0.15, 0.2) is 110 Å². The van der Waals surface area contributed by atoms with E-state index in [1.54, 1.807) is 12.3 Å². The molecule has 8 aromatic rings. The van der Waals surface area contributed by atoms with Crippen LogP contribution in [0.1, 0.15) is 0 Å². The third-order valence-corrected chi connectivity index (χ3v) is 6.87. The second kappa shape index (κ2) is 17.4. The van der Waals surface area contributed by atoms with Crippen molar-refractivity contribution in [1.29, 1.82) is 0 Å². The zero-order valence-corrected chi connectivity index (χ0v) is 29.2. The summed E-state index contributed by atoms with van der Waals surface area (Å²) in [7, 11) is 0. The van der Waals surface area contributed by atoms with E-state index in [2.05, 4.69) is 50.4 Å². The van der Waals surface area contributed by atoms with E-state index < -0.39 is 46.5 Å². The van der Waals surface area contributed by atoms with Gasteiger partial charge in [0.05, 0.1) is 11.5 Å². The Labute approximate surface area is 313 Å².